The van der Waals surface area contributed by atoms with Crippen LogP contribution < -0.4 is 15.8 Å². The topological polar surface area (TPSA) is 90.4 Å². The Bertz CT molecular complexity index is 460. The average Bonchev–Trinajstić information content (AvgIpc) is 3.20. The van der Waals surface area contributed by atoms with Gasteiger partial charge in [-0.3, -0.25) is 10.1 Å². The third kappa shape index (κ3) is 3.57. The van der Waals surface area contributed by atoms with Crippen molar-refractivity contribution in [2.45, 2.75) is 25.8 Å². The van der Waals surface area contributed by atoms with Gasteiger partial charge >= 0.3 is 5.69 Å². The smallest absolute Gasteiger partial charge is 0.311 e. The Balaban J connectivity index is 2.03. The van der Waals surface area contributed by atoms with Crippen molar-refractivity contribution in [3.05, 3.63) is 28.3 Å². The normalized spacial score (nSPS) is 15.9. The van der Waals surface area contributed by atoms with Gasteiger partial charge in [0.25, 0.3) is 0 Å². The molecule has 6 heteroatoms. The number of hydrogen-bond donors (Lipinski definition) is 2. The zero-order valence-electron chi connectivity index (χ0n) is 11.0. The van der Waals surface area contributed by atoms with Gasteiger partial charge in [0.05, 0.1) is 11.5 Å². The van der Waals surface area contributed by atoms with Crippen molar-refractivity contribution >= 4 is 11.4 Å². The molecular weight excluding hydrogens is 246 g/mol. The van der Waals surface area contributed by atoms with E-state index < -0.39 is 4.92 Å². The number of nitrogens with one attached hydrogen (secondary N) is 1. The molecule has 1 fully saturated rings. The van der Waals surface area contributed by atoms with Gasteiger partial charge in [0.2, 0.25) is 0 Å². The molecule has 6 nitrogen and oxygen atoms in total. The number of hydrogen-bond acceptors (Lipinski definition) is 5. The number of anilines is 1. The summed E-state index contributed by atoms with van der Waals surface area (Å²) in [5, 5.41) is 14.1. The second-order valence-corrected chi connectivity index (χ2v) is 4.75. The van der Waals surface area contributed by atoms with Crippen LogP contribution in [0.4, 0.5) is 11.4 Å². The van der Waals surface area contributed by atoms with Crippen LogP contribution in [0, 0.1) is 16.0 Å². The zero-order chi connectivity index (χ0) is 13.8. The molecule has 0 aromatic heterocycles. The minimum absolute atomic E-state index is 0.0149. The van der Waals surface area contributed by atoms with Crippen LogP contribution in [-0.2, 0) is 0 Å². The van der Waals surface area contributed by atoms with Crippen molar-refractivity contribution < 1.29 is 9.66 Å². The minimum Gasteiger partial charge on any atom is -0.487 e. The molecule has 0 saturated heterocycles. The molecule has 1 aliphatic carbocycles. The summed E-state index contributed by atoms with van der Waals surface area (Å²) in [4.78, 5) is 10.4. The van der Waals surface area contributed by atoms with Crippen molar-refractivity contribution in [1.82, 2.24) is 0 Å². The lowest BCUT2D eigenvalue weighted by molar-refractivity contribution is -0.385. The molecule has 1 aromatic rings. The van der Waals surface area contributed by atoms with Crippen LogP contribution in [0.15, 0.2) is 18.2 Å². The largest absolute Gasteiger partial charge is 0.487 e. The molecule has 1 aromatic carbocycles. The van der Waals surface area contributed by atoms with Gasteiger partial charge in [0, 0.05) is 30.4 Å². The lowest BCUT2D eigenvalue weighted by Gasteiger charge is -2.13. The van der Waals surface area contributed by atoms with E-state index in [0.717, 1.165) is 5.69 Å². The highest BCUT2D eigenvalue weighted by atomic mass is 16.6. The summed E-state index contributed by atoms with van der Waals surface area (Å²) in [6.45, 7) is 2.87. The highest BCUT2D eigenvalue weighted by Crippen LogP contribution is 2.32. The quantitative estimate of drug-likeness (QED) is 0.582. The van der Waals surface area contributed by atoms with Gasteiger partial charge in [-0.25, -0.2) is 0 Å². The van der Waals surface area contributed by atoms with Gasteiger partial charge in [-0.05, 0) is 31.7 Å². The van der Waals surface area contributed by atoms with Gasteiger partial charge in [-0.2, -0.15) is 0 Å². The highest BCUT2D eigenvalue weighted by Gasteiger charge is 2.28. The molecule has 2 rings (SSSR count). The molecule has 1 unspecified atom stereocenters. The summed E-state index contributed by atoms with van der Waals surface area (Å²) in [6, 6.07) is 4.93. The summed E-state index contributed by atoms with van der Waals surface area (Å²) < 4.78 is 5.29. The predicted molar refractivity (Wildman–Crippen MR) is 73.5 cm³/mol. The maximum absolute atomic E-state index is 10.9. The Morgan fingerprint density at radius 3 is 2.89 bits per heavy atom. The molecule has 1 saturated carbocycles. The number of benzene rings is 1. The van der Waals surface area contributed by atoms with E-state index >= 15 is 0 Å². The van der Waals surface area contributed by atoms with Crippen molar-refractivity contribution in [1.29, 1.82) is 0 Å². The van der Waals surface area contributed by atoms with Crippen LogP contribution >= 0.6 is 0 Å². The molecule has 0 amide bonds. The lowest BCUT2D eigenvalue weighted by Crippen LogP contribution is -2.31. The van der Waals surface area contributed by atoms with E-state index in [1.165, 1.54) is 18.9 Å². The van der Waals surface area contributed by atoms with Crippen LogP contribution in [0.25, 0.3) is 0 Å². The first-order valence-electron chi connectivity index (χ1n) is 6.52. The number of rotatable bonds is 7. The Morgan fingerprint density at radius 2 is 2.32 bits per heavy atom. The average molecular weight is 265 g/mol. The molecule has 3 N–H and O–H groups in total. The van der Waals surface area contributed by atoms with Crippen molar-refractivity contribution in [2.24, 2.45) is 11.7 Å². The Labute approximate surface area is 112 Å². The number of nitro benzene ring substituents is 1. The molecule has 0 bridgehead atoms. The molecule has 1 atom stereocenters. The van der Waals surface area contributed by atoms with E-state index in [-0.39, 0.29) is 17.5 Å². The standard InChI is InChI=1S/C13H19N3O3/c1-2-19-13-7-10(5-6-12(13)16(17)18)15-8-11(14)9-3-4-9/h5-7,9,11,15H,2-4,8,14H2,1H3. The number of nitrogens with zero attached hydrogens (tertiary/aromatic N) is 1. The molecule has 1 aliphatic rings. The van der Waals surface area contributed by atoms with Gasteiger partial charge in [-0.1, -0.05) is 0 Å². The van der Waals surface area contributed by atoms with Crippen LogP contribution in [0.3, 0.4) is 0 Å². The second kappa shape index (κ2) is 5.88. The van der Waals surface area contributed by atoms with E-state index in [1.807, 2.05) is 0 Å². The van der Waals surface area contributed by atoms with Crippen molar-refractivity contribution in [2.75, 3.05) is 18.5 Å². The SMILES string of the molecule is CCOc1cc(NCC(N)C2CC2)ccc1[N+](=O)[O-]. The zero-order valence-corrected chi connectivity index (χ0v) is 11.0. The first-order valence-corrected chi connectivity index (χ1v) is 6.52. The van der Waals surface area contributed by atoms with Crippen LogP contribution in [0.5, 0.6) is 5.75 Å². The van der Waals surface area contributed by atoms with E-state index in [1.54, 1.807) is 19.1 Å². The van der Waals surface area contributed by atoms with Gasteiger partial charge < -0.3 is 15.8 Å². The third-order valence-electron chi connectivity index (χ3n) is 3.23. The predicted octanol–water partition coefficient (Wildman–Crippen LogP) is 2.14. The summed E-state index contributed by atoms with van der Waals surface area (Å²) in [5.74, 6) is 0.911. The minimum atomic E-state index is -0.440. The number of nitro groups is 1. The fraction of sp³-hybridized carbons (Fsp3) is 0.538. The van der Waals surface area contributed by atoms with E-state index in [4.69, 9.17) is 10.5 Å². The number of ether oxygens (including phenoxy) is 1. The lowest BCUT2D eigenvalue weighted by atomic mass is 10.2. The van der Waals surface area contributed by atoms with Gasteiger partial charge in [0.1, 0.15) is 0 Å². The molecule has 104 valence electrons. The molecule has 19 heavy (non-hydrogen) atoms. The summed E-state index contributed by atoms with van der Waals surface area (Å²) >= 11 is 0. The fourth-order valence-corrected chi connectivity index (χ4v) is 1.97. The maximum Gasteiger partial charge on any atom is 0.311 e. The highest BCUT2D eigenvalue weighted by molar-refractivity contribution is 5.58. The molecule has 0 aliphatic heterocycles. The summed E-state index contributed by atoms with van der Waals surface area (Å²) in [7, 11) is 0. The Hall–Kier alpha value is -1.82. The fourth-order valence-electron chi connectivity index (χ4n) is 1.97. The van der Waals surface area contributed by atoms with Crippen LogP contribution in [0.1, 0.15) is 19.8 Å². The molecule has 0 radical (unpaired) electrons. The first-order chi connectivity index (χ1) is 9.11. The van der Waals surface area contributed by atoms with Crippen LogP contribution in [-0.4, -0.2) is 24.1 Å². The Kier molecular flexibility index (Phi) is 4.21. The molecular formula is C13H19N3O3. The monoisotopic (exact) mass is 265 g/mol. The van der Waals surface area contributed by atoms with Crippen LogP contribution in [0.2, 0.25) is 0 Å². The second-order valence-electron chi connectivity index (χ2n) is 4.75. The van der Waals surface area contributed by atoms with Crippen molar-refractivity contribution in [3.8, 4) is 5.75 Å². The van der Waals surface area contributed by atoms with Crippen molar-refractivity contribution in [3.63, 3.8) is 0 Å². The van der Waals surface area contributed by atoms with E-state index in [9.17, 15) is 10.1 Å². The van der Waals surface area contributed by atoms with Gasteiger partial charge in [-0.15, -0.1) is 0 Å². The third-order valence-corrected chi connectivity index (χ3v) is 3.23. The number of nitrogens with two attached hydrogens (primary N) is 1. The molecule has 0 spiro atoms. The molecule has 0 heterocycles. The maximum atomic E-state index is 10.9. The van der Waals surface area contributed by atoms with E-state index in [0.29, 0.717) is 19.1 Å². The first kappa shape index (κ1) is 13.6. The van der Waals surface area contributed by atoms with E-state index in [2.05, 4.69) is 5.32 Å². The van der Waals surface area contributed by atoms with Gasteiger partial charge in [0.15, 0.2) is 5.75 Å². The Morgan fingerprint density at radius 1 is 1.58 bits per heavy atom. The summed E-state index contributed by atoms with van der Waals surface area (Å²) in [5.41, 5.74) is 6.78. The summed E-state index contributed by atoms with van der Waals surface area (Å²) in [6.07, 6.45) is 2.40.